The van der Waals surface area contributed by atoms with Crippen LogP contribution in [0.25, 0.3) is 11.1 Å². The second kappa shape index (κ2) is 11.6. The maximum Gasteiger partial charge on any atom is 0.417 e. The van der Waals surface area contributed by atoms with Gasteiger partial charge in [0.2, 0.25) is 5.91 Å². The number of alkyl halides is 4. The molecule has 4 saturated carbocycles. The molecule has 1 N–H and O–H groups in total. The predicted molar refractivity (Wildman–Crippen MR) is 169 cm³/mol. The van der Waals surface area contributed by atoms with Crippen molar-refractivity contribution in [2.24, 2.45) is 11.3 Å². The number of carbonyl (C=O) groups is 1. The average molecular weight is 669 g/mol. The summed E-state index contributed by atoms with van der Waals surface area (Å²) < 4.78 is 66.1. The topological polar surface area (TPSA) is 112 Å². The van der Waals surface area contributed by atoms with E-state index in [1.165, 1.54) is 13.8 Å². The van der Waals surface area contributed by atoms with Crippen LogP contribution in [0.5, 0.6) is 5.75 Å². The van der Waals surface area contributed by atoms with Crippen molar-refractivity contribution in [1.82, 2.24) is 10.1 Å². The molecule has 2 bridgehead atoms. The molecule has 0 aliphatic heterocycles. The Morgan fingerprint density at radius 3 is 2.17 bits per heavy atom. The summed E-state index contributed by atoms with van der Waals surface area (Å²) >= 11 is 0. The van der Waals surface area contributed by atoms with E-state index in [1.54, 1.807) is 36.9 Å². The second-order valence-corrected chi connectivity index (χ2v) is 15.0. The Balaban J connectivity index is 1.25. The highest BCUT2D eigenvalue weighted by molar-refractivity contribution is 5.96. The number of hydrogen-bond acceptors (Lipinski definition) is 7. The molecule has 4 aliphatic carbocycles. The lowest BCUT2D eigenvalue weighted by Crippen LogP contribution is -2.60. The van der Waals surface area contributed by atoms with E-state index in [-0.39, 0.29) is 16.7 Å². The van der Waals surface area contributed by atoms with Gasteiger partial charge in [-0.1, -0.05) is 29.4 Å². The second-order valence-electron chi connectivity index (χ2n) is 15.0. The summed E-state index contributed by atoms with van der Waals surface area (Å²) in [5.41, 5.74) is -4.06. The van der Waals surface area contributed by atoms with Gasteiger partial charge in [-0.3, -0.25) is 4.79 Å². The van der Waals surface area contributed by atoms with E-state index in [9.17, 15) is 32.7 Å². The van der Waals surface area contributed by atoms with Gasteiger partial charge >= 0.3 is 6.18 Å². The molecule has 8 nitrogen and oxygen atoms in total. The van der Waals surface area contributed by atoms with Gasteiger partial charge in [0, 0.05) is 23.6 Å². The third kappa shape index (κ3) is 6.29. The molecule has 1 aromatic heterocycles. The molecule has 12 heteroatoms. The highest BCUT2D eigenvalue weighted by Crippen LogP contribution is 2.58. The first-order chi connectivity index (χ1) is 22.4. The van der Waals surface area contributed by atoms with Crippen LogP contribution in [0.15, 0.2) is 53.1 Å². The zero-order valence-electron chi connectivity index (χ0n) is 27.5. The number of nitrogens with zero attached hydrogens (tertiary/aromatic N) is 4. The molecule has 2 aromatic carbocycles. The number of amides is 1. The molecule has 0 unspecified atom stereocenters. The van der Waals surface area contributed by atoms with E-state index in [2.05, 4.69) is 16.2 Å². The van der Waals surface area contributed by atoms with Crippen LogP contribution in [0.4, 0.5) is 23.2 Å². The summed E-state index contributed by atoms with van der Waals surface area (Å²) in [7, 11) is 0. The molecule has 0 atom stereocenters. The number of anilines is 1. The van der Waals surface area contributed by atoms with Crippen LogP contribution in [0.3, 0.4) is 0 Å². The highest BCUT2D eigenvalue weighted by atomic mass is 19.4. The number of hydrogen-bond donors (Lipinski definition) is 1. The van der Waals surface area contributed by atoms with Crippen molar-refractivity contribution >= 4 is 11.6 Å². The quantitative estimate of drug-likeness (QED) is 0.230. The number of carbonyl (C=O) groups excluding carboxylic acids is 1. The SMILES string of the molecule is CC(C)(C#N)Oc1ccc(-c2cccc(N(CC34CCC(c5noc(C(C)(C)F)n5)(CC3)CC4)C(=O)[C@H]3C[C@](O)(C(F)(F)F)C3)c2)cc1. The summed E-state index contributed by atoms with van der Waals surface area (Å²) in [6.45, 7) is 6.39. The zero-order valence-corrected chi connectivity index (χ0v) is 27.5. The summed E-state index contributed by atoms with van der Waals surface area (Å²) in [5, 5.41) is 23.6. The Morgan fingerprint density at radius 2 is 1.62 bits per heavy atom. The molecular weight excluding hydrogens is 628 g/mol. The lowest BCUT2D eigenvalue weighted by Gasteiger charge is -2.54. The van der Waals surface area contributed by atoms with Gasteiger partial charge in [-0.2, -0.15) is 23.4 Å². The zero-order chi connectivity index (χ0) is 34.8. The molecular formula is C36H40F4N4O4. The maximum atomic E-state index is 14.5. The van der Waals surface area contributed by atoms with Gasteiger partial charge in [0.05, 0.1) is 0 Å². The number of benzene rings is 2. The Kier molecular flexibility index (Phi) is 8.17. The van der Waals surface area contributed by atoms with Gasteiger partial charge in [0.15, 0.2) is 22.7 Å². The van der Waals surface area contributed by atoms with Crippen LogP contribution in [0.2, 0.25) is 0 Å². The summed E-state index contributed by atoms with van der Waals surface area (Å²) in [5.74, 6) is -0.433. The molecule has 0 spiro atoms. The van der Waals surface area contributed by atoms with Crippen LogP contribution >= 0.6 is 0 Å². The lowest BCUT2D eigenvalue weighted by atomic mass is 9.53. The van der Waals surface area contributed by atoms with E-state index >= 15 is 0 Å². The van der Waals surface area contributed by atoms with E-state index in [0.717, 1.165) is 49.7 Å². The molecule has 256 valence electrons. The standard InChI is InChI=1S/C36H40F4N4O4/c1-31(2,21-41)47-27-10-8-23(9-11-27)24-6-5-7-26(18-24)44(28(45)25-19-35(46,20-25)36(38,39)40)22-33-12-15-34(16-13-33,17-14-33)29-42-30(48-43-29)32(3,4)37/h5-11,18,25,46H,12-17,19-20,22H2,1-4H3/t25-,33?,34?,35+. The summed E-state index contributed by atoms with van der Waals surface area (Å²) in [4.78, 5) is 20.1. The van der Waals surface area contributed by atoms with Crippen molar-refractivity contribution in [1.29, 1.82) is 5.26 Å². The van der Waals surface area contributed by atoms with Gasteiger partial charge in [0.1, 0.15) is 11.8 Å². The van der Waals surface area contributed by atoms with Crippen molar-refractivity contribution in [2.75, 3.05) is 11.4 Å². The number of fused-ring (bicyclic) bond motifs is 3. The Labute approximate surface area is 277 Å². The summed E-state index contributed by atoms with van der Waals surface area (Å²) in [6.07, 6.45) is -1.81. The van der Waals surface area contributed by atoms with E-state index in [1.807, 2.05) is 30.3 Å². The number of ether oxygens (including phenoxy) is 1. The maximum absolute atomic E-state index is 14.5. The molecule has 0 saturated heterocycles. The minimum Gasteiger partial charge on any atom is -0.473 e. The predicted octanol–water partition coefficient (Wildman–Crippen LogP) is 7.95. The van der Waals surface area contributed by atoms with Gasteiger partial charge in [0.25, 0.3) is 5.89 Å². The van der Waals surface area contributed by atoms with Crippen molar-refractivity contribution in [3.8, 4) is 22.9 Å². The molecule has 48 heavy (non-hydrogen) atoms. The van der Waals surface area contributed by atoms with Crippen LogP contribution in [-0.4, -0.2) is 45.1 Å². The number of rotatable bonds is 9. The Hall–Kier alpha value is -3.98. The number of nitriles is 1. The van der Waals surface area contributed by atoms with Crippen molar-refractivity contribution in [3.63, 3.8) is 0 Å². The van der Waals surface area contributed by atoms with Crippen LogP contribution < -0.4 is 9.64 Å². The number of halogens is 4. The van der Waals surface area contributed by atoms with Crippen LogP contribution in [-0.2, 0) is 15.9 Å². The minimum absolute atomic E-state index is 0.0570. The van der Waals surface area contributed by atoms with Gasteiger partial charge in [-0.15, -0.1) is 0 Å². The first kappa shape index (κ1) is 33.9. The number of aliphatic hydroxyl groups is 1. The molecule has 0 radical (unpaired) electrons. The van der Waals surface area contributed by atoms with Gasteiger partial charge in [-0.25, -0.2) is 4.39 Å². The molecule has 7 rings (SSSR count). The Bertz CT molecular complexity index is 1690. The van der Waals surface area contributed by atoms with E-state index in [4.69, 9.17) is 9.26 Å². The van der Waals surface area contributed by atoms with Crippen molar-refractivity contribution < 1.29 is 36.7 Å². The largest absolute Gasteiger partial charge is 0.473 e. The van der Waals surface area contributed by atoms with Crippen molar-refractivity contribution in [3.05, 3.63) is 60.2 Å². The van der Waals surface area contributed by atoms with Crippen molar-refractivity contribution in [2.45, 2.75) is 108 Å². The van der Waals surface area contributed by atoms with Crippen LogP contribution in [0.1, 0.15) is 90.8 Å². The number of aromatic nitrogens is 2. The fourth-order valence-electron chi connectivity index (χ4n) is 7.42. The van der Waals surface area contributed by atoms with E-state index in [0.29, 0.717) is 23.8 Å². The highest BCUT2D eigenvalue weighted by Gasteiger charge is 2.63. The Morgan fingerprint density at radius 1 is 1.00 bits per heavy atom. The normalized spacial score (nSPS) is 27.2. The molecule has 4 fully saturated rings. The van der Waals surface area contributed by atoms with Crippen LogP contribution in [0, 0.1) is 22.7 Å². The van der Waals surface area contributed by atoms with Gasteiger partial charge < -0.3 is 19.3 Å². The third-order valence-corrected chi connectivity index (χ3v) is 10.6. The fraction of sp³-hybridized carbons (Fsp3) is 0.556. The third-order valence-electron chi connectivity index (χ3n) is 10.6. The van der Waals surface area contributed by atoms with Gasteiger partial charge in [-0.05, 0) is 120 Å². The monoisotopic (exact) mass is 668 g/mol. The lowest BCUT2D eigenvalue weighted by molar-refractivity contribution is -0.295. The average Bonchev–Trinajstić information content (AvgIpc) is 3.55. The molecule has 1 amide bonds. The fourth-order valence-corrected chi connectivity index (χ4v) is 7.42. The molecule has 4 aliphatic rings. The van der Waals surface area contributed by atoms with E-state index < -0.39 is 47.7 Å². The first-order valence-electron chi connectivity index (χ1n) is 16.3. The minimum atomic E-state index is -4.81. The molecule has 1 heterocycles. The first-order valence-corrected chi connectivity index (χ1v) is 16.3. The molecule has 3 aromatic rings. The smallest absolute Gasteiger partial charge is 0.417 e. The summed E-state index contributed by atoms with van der Waals surface area (Å²) in [6, 6.07) is 16.6.